The number of methoxy groups -OCH3 is 1. The molecule has 0 aliphatic rings. The minimum atomic E-state index is 0.420. The van der Waals surface area contributed by atoms with Gasteiger partial charge in [0.15, 0.2) is 17.3 Å². The third-order valence-corrected chi connectivity index (χ3v) is 2.76. The third-order valence-electron chi connectivity index (χ3n) is 2.76. The number of nitrogen functional groups attached to an aromatic ring is 1. The molecule has 2 N–H and O–H groups in total. The van der Waals surface area contributed by atoms with Gasteiger partial charge in [-0.2, -0.15) is 4.68 Å². The molecule has 1 aromatic carbocycles. The predicted octanol–water partition coefficient (Wildman–Crippen LogP) is 2.12. The predicted molar refractivity (Wildman–Crippen MR) is 70.0 cm³/mol. The van der Waals surface area contributed by atoms with Crippen LogP contribution in [0.15, 0.2) is 47.1 Å². The summed E-state index contributed by atoms with van der Waals surface area (Å²) >= 11 is 0. The van der Waals surface area contributed by atoms with E-state index in [0.29, 0.717) is 17.3 Å². The van der Waals surface area contributed by atoms with Crippen molar-refractivity contribution in [3.05, 3.63) is 42.7 Å². The molecule has 0 aliphatic heterocycles. The van der Waals surface area contributed by atoms with Crippen molar-refractivity contribution in [2.45, 2.75) is 0 Å². The molecule has 6 heteroatoms. The van der Waals surface area contributed by atoms with Crippen LogP contribution >= 0.6 is 0 Å². The molecule has 0 amide bonds. The van der Waals surface area contributed by atoms with Gasteiger partial charge in [0.05, 0.1) is 19.1 Å². The molecule has 0 bridgehead atoms. The Labute approximate surface area is 109 Å². The fourth-order valence-corrected chi connectivity index (χ4v) is 1.81. The highest BCUT2D eigenvalue weighted by Crippen LogP contribution is 2.26. The zero-order chi connectivity index (χ0) is 13.2. The molecule has 0 aliphatic carbocycles. The van der Waals surface area contributed by atoms with E-state index in [9.17, 15) is 0 Å². The second kappa shape index (κ2) is 4.49. The van der Waals surface area contributed by atoms with E-state index in [1.54, 1.807) is 30.2 Å². The molecule has 19 heavy (non-hydrogen) atoms. The van der Waals surface area contributed by atoms with Crippen LogP contribution in [0.25, 0.3) is 17.1 Å². The van der Waals surface area contributed by atoms with Gasteiger partial charge in [0.1, 0.15) is 5.75 Å². The molecular weight excluding hydrogens is 244 g/mol. The van der Waals surface area contributed by atoms with Crippen molar-refractivity contribution >= 4 is 5.82 Å². The van der Waals surface area contributed by atoms with Crippen molar-refractivity contribution in [1.29, 1.82) is 0 Å². The topological polar surface area (TPSA) is 79.1 Å². The Morgan fingerprint density at radius 3 is 2.89 bits per heavy atom. The maximum atomic E-state index is 6.06. The van der Waals surface area contributed by atoms with E-state index < -0.39 is 0 Å². The largest absolute Gasteiger partial charge is 0.497 e. The molecule has 6 nitrogen and oxygen atoms in total. The lowest BCUT2D eigenvalue weighted by atomic mass is 10.3. The van der Waals surface area contributed by atoms with Crippen LogP contribution in [0.1, 0.15) is 0 Å². The number of ether oxygens (including phenoxy) is 1. The summed E-state index contributed by atoms with van der Waals surface area (Å²) in [6, 6.07) is 11.0. The standard InChI is InChI=1S/C13H12N4O2/c1-18-10-5-2-4-9(8-10)17-13(14)12(15-16-17)11-6-3-7-19-11/h2-8H,14H2,1H3. The first-order chi connectivity index (χ1) is 9.29. The van der Waals surface area contributed by atoms with Gasteiger partial charge in [0.2, 0.25) is 0 Å². The molecule has 0 saturated carbocycles. The summed E-state index contributed by atoms with van der Waals surface area (Å²) < 4.78 is 12.0. The quantitative estimate of drug-likeness (QED) is 0.776. The van der Waals surface area contributed by atoms with Crippen molar-refractivity contribution in [1.82, 2.24) is 15.0 Å². The number of nitrogens with two attached hydrogens (primary N) is 1. The second-order valence-electron chi connectivity index (χ2n) is 3.91. The summed E-state index contributed by atoms with van der Waals surface area (Å²) in [4.78, 5) is 0. The Hall–Kier alpha value is -2.76. The molecule has 0 radical (unpaired) electrons. The fourth-order valence-electron chi connectivity index (χ4n) is 1.81. The Bertz CT molecular complexity index is 688. The summed E-state index contributed by atoms with van der Waals surface area (Å²) in [6.07, 6.45) is 1.57. The van der Waals surface area contributed by atoms with Gasteiger partial charge < -0.3 is 14.9 Å². The lowest BCUT2D eigenvalue weighted by molar-refractivity contribution is 0.414. The number of hydrogen-bond donors (Lipinski definition) is 1. The van der Waals surface area contributed by atoms with Gasteiger partial charge in [-0.05, 0) is 24.3 Å². The normalized spacial score (nSPS) is 10.6. The SMILES string of the molecule is COc1cccc(-n2nnc(-c3ccco3)c2N)c1. The highest BCUT2D eigenvalue weighted by atomic mass is 16.5. The number of rotatable bonds is 3. The highest BCUT2D eigenvalue weighted by molar-refractivity contribution is 5.66. The van der Waals surface area contributed by atoms with Crippen molar-refractivity contribution in [2.75, 3.05) is 12.8 Å². The summed E-state index contributed by atoms with van der Waals surface area (Å²) in [7, 11) is 1.61. The molecule has 0 atom stereocenters. The monoisotopic (exact) mass is 256 g/mol. The number of benzene rings is 1. The summed E-state index contributed by atoms with van der Waals surface area (Å²) in [5.74, 6) is 1.74. The maximum Gasteiger partial charge on any atom is 0.172 e. The average molecular weight is 256 g/mol. The maximum absolute atomic E-state index is 6.06. The van der Waals surface area contributed by atoms with Crippen LogP contribution in [0.2, 0.25) is 0 Å². The minimum absolute atomic E-state index is 0.420. The van der Waals surface area contributed by atoms with E-state index in [1.165, 1.54) is 0 Å². The van der Waals surface area contributed by atoms with E-state index in [2.05, 4.69) is 10.3 Å². The van der Waals surface area contributed by atoms with Crippen LogP contribution in [0, 0.1) is 0 Å². The summed E-state index contributed by atoms with van der Waals surface area (Å²) in [6.45, 7) is 0. The van der Waals surface area contributed by atoms with E-state index in [0.717, 1.165) is 11.4 Å². The van der Waals surface area contributed by atoms with Gasteiger partial charge >= 0.3 is 0 Å². The summed E-state index contributed by atoms with van der Waals surface area (Å²) in [5.41, 5.74) is 7.36. The molecular formula is C13H12N4O2. The van der Waals surface area contributed by atoms with E-state index >= 15 is 0 Å². The molecule has 96 valence electrons. The van der Waals surface area contributed by atoms with Crippen molar-refractivity contribution in [3.8, 4) is 22.9 Å². The van der Waals surface area contributed by atoms with Crippen molar-refractivity contribution in [3.63, 3.8) is 0 Å². The van der Waals surface area contributed by atoms with Crippen LogP contribution in [0.3, 0.4) is 0 Å². The Morgan fingerprint density at radius 2 is 2.16 bits per heavy atom. The van der Waals surface area contributed by atoms with Gasteiger partial charge in [-0.3, -0.25) is 0 Å². The van der Waals surface area contributed by atoms with Gasteiger partial charge in [0.25, 0.3) is 0 Å². The van der Waals surface area contributed by atoms with Crippen LogP contribution in [-0.2, 0) is 0 Å². The molecule has 0 unspecified atom stereocenters. The average Bonchev–Trinajstić information content (AvgIpc) is 3.08. The number of aromatic nitrogens is 3. The minimum Gasteiger partial charge on any atom is -0.497 e. The molecule has 0 spiro atoms. The number of furan rings is 1. The summed E-state index contributed by atoms with van der Waals surface area (Å²) in [5, 5.41) is 8.09. The molecule has 0 saturated heterocycles. The van der Waals surface area contributed by atoms with Crippen LogP contribution < -0.4 is 10.5 Å². The zero-order valence-electron chi connectivity index (χ0n) is 10.3. The first-order valence-electron chi connectivity index (χ1n) is 5.69. The third kappa shape index (κ3) is 1.93. The van der Waals surface area contributed by atoms with Gasteiger partial charge in [0, 0.05) is 6.07 Å². The Balaban J connectivity index is 2.07. The van der Waals surface area contributed by atoms with Gasteiger partial charge in [-0.1, -0.05) is 11.3 Å². The van der Waals surface area contributed by atoms with E-state index in [-0.39, 0.29) is 0 Å². The fraction of sp³-hybridized carbons (Fsp3) is 0.0769. The molecule has 2 aromatic heterocycles. The molecule has 3 aromatic rings. The Kier molecular flexibility index (Phi) is 2.68. The zero-order valence-corrected chi connectivity index (χ0v) is 10.3. The van der Waals surface area contributed by atoms with E-state index in [1.807, 2.05) is 24.3 Å². The van der Waals surface area contributed by atoms with Crippen molar-refractivity contribution < 1.29 is 9.15 Å². The van der Waals surface area contributed by atoms with E-state index in [4.69, 9.17) is 14.9 Å². The number of hydrogen-bond acceptors (Lipinski definition) is 5. The van der Waals surface area contributed by atoms with Crippen molar-refractivity contribution in [2.24, 2.45) is 0 Å². The second-order valence-corrected chi connectivity index (χ2v) is 3.91. The van der Waals surface area contributed by atoms with Gasteiger partial charge in [-0.25, -0.2) is 0 Å². The first kappa shape index (κ1) is 11.3. The van der Waals surface area contributed by atoms with Crippen LogP contribution in [0.4, 0.5) is 5.82 Å². The smallest absolute Gasteiger partial charge is 0.172 e. The Morgan fingerprint density at radius 1 is 1.26 bits per heavy atom. The van der Waals surface area contributed by atoms with Crippen LogP contribution in [0.5, 0.6) is 5.75 Å². The van der Waals surface area contributed by atoms with Crippen LogP contribution in [-0.4, -0.2) is 22.1 Å². The number of anilines is 1. The molecule has 0 fully saturated rings. The highest BCUT2D eigenvalue weighted by Gasteiger charge is 2.15. The number of nitrogens with zero attached hydrogens (tertiary/aromatic N) is 3. The lowest BCUT2D eigenvalue weighted by Gasteiger charge is -2.05. The lowest BCUT2D eigenvalue weighted by Crippen LogP contribution is -2.02. The molecule has 3 rings (SSSR count). The first-order valence-corrected chi connectivity index (χ1v) is 5.69. The van der Waals surface area contributed by atoms with Gasteiger partial charge in [-0.15, -0.1) is 5.10 Å². The molecule has 2 heterocycles.